The van der Waals surface area contributed by atoms with E-state index in [0.29, 0.717) is 6.61 Å². The Kier molecular flexibility index (Phi) is 6.00. The molecule has 4 nitrogen and oxygen atoms in total. The summed E-state index contributed by atoms with van der Waals surface area (Å²) in [7, 11) is 0. The van der Waals surface area contributed by atoms with E-state index in [1.165, 1.54) is 11.1 Å². The molecule has 0 radical (unpaired) electrons. The Balaban J connectivity index is 1.69. The number of hydrogen-bond donors (Lipinski definition) is 1. The van der Waals surface area contributed by atoms with Gasteiger partial charge in [0, 0.05) is 18.0 Å². The SMILES string of the molecule is CCOc1ccc(NC(=O)N2CCSC2c2ccc(C(C)(C)C)cc2)cc1. The highest BCUT2D eigenvalue weighted by Gasteiger charge is 2.31. The van der Waals surface area contributed by atoms with Gasteiger partial charge in [-0.15, -0.1) is 11.8 Å². The monoisotopic (exact) mass is 384 g/mol. The number of ether oxygens (including phenoxy) is 1. The zero-order valence-electron chi connectivity index (χ0n) is 16.5. The summed E-state index contributed by atoms with van der Waals surface area (Å²) in [4.78, 5) is 14.7. The average molecular weight is 385 g/mol. The van der Waals surface area contributed by atoms with E-state index in [2.05, 4.69) is 50.4 Å². The molecular formula is C22H28N2O2S. The number of carbonyl (C=O) groups excluding carboxylic acids is 1. The Morgan fingerprint density at radius 2 is 1.81 bits per heavy atom. The van der Waals surface area contributed by atoms with Crippen LogP contribution in [0.4, 0.5) is 10.5 Å². The molecule has 0 bridgehead atoms. The van der Waals surface area contributed by atoms with Gasteiger partial charge >= 0.3 is 6.03 Å². The molecule has 27 heavy (non-hydrogen) atoms. The van der Waals surface area contributed by atoms with Crippen molar-refractivity contribution in [3.8, 4) is 5.75 Å². The van der Waals surface area contributed by atoms with E-state index in [1.807, 2.05) is 47.9 Å². The number of thioether (sulfide) groups is 1. The van der Waals surface area contributed by atoms with Crippen LogP contribution < -0.4 is 10.1 Å². The lowest BCUT2D eigenvalue weighted by atomic mass is 9.87. The van der Waals surface area contributed by atoms with Crippen molar-refractivity contribution >= 4 is 23.5 Å². The van der Waals surface area contributed by atoms with Crippen molar-refractivity contribution in [1.82, 2.24) is 4.90 Å². The summed E-state index contributed by atoms with van der Waals surface area (Å²) in [5.41, 5.74) is 3.39. The molecule has 3 rings (SSSR count). The Labute approximate surface area is 166 Å². The molecule has 1 atom stereocenters. The molecule has 1 aliphatic rings. The molecule has 144 valence electrons. The summed E-state index contributed by atoms with van der Waals surface area (Å²) in [5.74, 6) is 1.76. The van der Waals surface area contributed by atoms with Gasteiger partial charge < -0.3 is 15.0 Å². The number of benzene rings is 2. The molecule has 1 unspecified atom stereocenters. The Bertz CT molecular complexity index is 766. The highest BCUT2D eigenvalue weighted by Crippen LogP contribution is 2.39. The van der Waals surface area contributed by atoms with Crippen LogP contribution in [0.15, 0.2) is 48.5 Å². The largest absolute Gasteiger partial charge is 0.494 e. The summed E-state index contributed by atoms with van der Waals surface area (Å²) in [5, 5.41) is 3.06. The predicted octanol–water partition coefficient (Wildman–Crippen LogP) is 5.66. The van der Waals surface area contributed by atoms with Crippen molar-refractivity contribution in [2.45, 2.75) is 38.5 Å². The van der Waals surface area contributed by atoms with E-state index in [1.54, 1.807) is 0 Å². The summed E-state index contributed by atoms with van der Waals surface area (Å²) in [6, 6.07) is 16.1. The van der Waals surface area contributed by atoms with Crippen molar-refractivity contribution in [2.75, 3.05) is 24.2 Å². The van der Waals surface area contributed by atoms with Gasteiger partial charge in [-0.3, -0.25) is 0 Å². The first-order valence-corrected chi connectivity index (χ1v) is 10.5. The number of nitrogens with one attached hydrogen (secondary N) is 1. The van der Waals surface area contributed by atoms with Crippen LogP contribution in [-0.4, -0.2) is 29.8 Å². The zero-order valence-corrected chi connectivity index (χ0v) is 17.3. The summed E-state index contributed by atoms with van der Waals surface area (Å²) >= 11 is 1.81. The standard InChI is InChI=1S/C22H28N2O2S/c1-5-26-19-12-10-18(11-13-19)23-21(25)24-14-15-27-20(24)16-6-8-17(9-7-16)22(2,3)4/h6-13,20H,5,14-15H2,1-4H3,(H,23,25). The van der Waals surface area contributed by atoms with Gasteiger partial charge in [-0.2, -0.15) is 0 Å². The molecule has 1 heterocycles. The second-order valence-electron chi connectivity index (χ2n) is 7.68. The number of rotatable bonds is 4. The molecule has 0 aliphatic carbocycles. The molecular weight excluding hydrogens is 356 g/mol. The van der Waals surface area contributed by atoms with Gasteiger partial charge in [-0.1, -0.05) is 45.0 Å². The van der Waals surface area contributed by atoms with Crippen LogP contribution in [0, 0.1) is 0 Å². The second-order valence-corrected chi connectivity index (χ2v) is 8.86. The Hall–Kier alpha value is -2.14. The highest BCUT2D eigenvalue weighted by atomic mass is 32.2. The molecule has 2 amide bonds. The minimum atomic E-state index is -0.0611. The third-order valence-electron chi connectivity index (χ3n) is 4.63. The van der Waals surface area contributed by atoms with E-state index in [0.717, 1.165) is 23.7 Å². The van der Waals surface area contributed by atoms with Crippen LogP contribution in [0.25, 0.3) is 0 Å². The van der Waals surface area contributed by atoms with Crippen LogP contribution >= 0.6 is 11.8 Å². The maximum atomic E-state index is 12.8. The zero-order chi connectivity index (χ0) is 19.4. The number of carbonyl (C=O) groups is 1. The third-order valence-corrected chi connectivity index (χ3v) is 5.89. The van der Waals surface area contributed by atoms with Gasteiger partial charge in [0.1, 0.15) is 11.1 Å². The van der Waals surface area contributed by atoms with Crippen molar-refractivity contribution in [3.63, 3.8) is 0 Å². The molecule has 0 spiro atoms. The van der Waals surface area contributed by atoms with Crippen molar-refractivity contribution in [2.24, 2.45) is 0 Å². The maximum absolute atomic E-state index is 12.8. The normalized spacial score (nSPS) is 17.0. The van der Waals surface area contributed by atoms with Gasteiger partial charge in [-0.05, 0) is 47.7 Å². The first-order chi connectivity index (χ1) is 12.9. The lowest BCUT2D eigenvalue weighted by Gasteiger charge is -2.25. The number of amides is 2. The fourth-order valence-corrected chi connectivity index (χ4v) is 4.35. The molecule has 1 fully saturated rings. The molecule has 1 aliphatic heterocycles. The van der Waals surface area contributed by atoms with Crippen molar-refractivity contribution in [1.29, 1.82) is 0 Å². The van der Waals surface area contributed by atoms with Crippen molar-refractivity contribution < 1.29 is 9.53 Å². The second kappa shape index (κ2) is 8.26. The van der Waals surface area contributed by atoms with Crippen LogP contribution in [-0.2, 0) is 5.41 Å². The number of hydrogen-bond acceptors (Lipinski definition) is 3. The fourth-order valence-electron chi connectivity index (χ4n) is 3.10. The van der Waals surface area contributed by atoms with E-state index in [9.17, 15) is 4.79 Å². The molecule has 0 saturated carbocycles. The first kappa shape index (κ1) is 19.6. The smallest absolute Gasteiger partial charge is 0.323 e. The van der Waals surface area contributed by atoms with Crippen molar-refractivity contribution in [3.05, 3.63) is 59.7 Å². The van der Waals surface area contributed by atoms with E-state index in [4.69, 9.17) is 4.74 Å². The molecule has 1 N–H and O–H groups in total. The van der Waals surface area contributed by atoms with Crippen LogP contribution in [0.5, 0.6) is 5.75 Å². The highest BCUT2D eigenvalue weighted by molar-refractivity contribution is 7.99. The number of urea groups is 1. The summed E-state index contributed by atoms with van der Waals surface area (Å²) in [6.07, 6.45) is 0. The van der Waals surface area contributed by atoms with Gasteiger partial charge in [-0.25, -0.2) is 4.79 Å². The third kappa shape index (κ3) is 4.78. The summed E-state index contributed by atoms with van der Waals surface area (Å²) in [6.45, 7) is 9.97. The van der Waals surface area contributed by atoms with Crippen LogP contribution in [0.1, 0.15) is 44.2 Å². The van der Waals surface area contributed by atoms with Gasteiger partial charge in [0.05, 0.1) is 6.61 Å². The molecule has 2 aromatic rings. The van der Waals surface area contributed by atoms with Gasteiger partial charge in [0.15, 0.2) is 0 Å². The Morgan fingerprint density at radius 3 is 2.41 bits per heavy atom. The molecule has 2 aromatic carbocycles. The maximum Gasteiger partial charge on any atom is 0.323 e. The van der Waals surface area contributed by atoms with Gasteiger partial charge in [0.25, 0.3) is 0 Å². The topological polar surface area (TPSA) is 41.6 Å². The average Bonchev–Trinajstić information content (AvgIpc) is 3.13. The minimum absolute atomic E-state index is 0.0571. The first-order valence-electron chi connectivity index (χ1n) is 9.41. The lowest BCUT2D eigenvalue weighted by Crippen LogP contribution is -2.34. The quantitative estimate of drug-likeness (QED) is 0.739. The lowest BCUT2D eigenvalue weighted by molar-refractivity contribution is 0.214. The van der Waals surface area contributed by atoms with E-state index < -0.39 is 0 Å². The number of anilines is 1. The van der Waals surface area contributed by atoms with E-state index >= 15 is 0 Å². The fraction of sp³-hybridized carbons (Fsp3) is 0.409. The van der Waals surface area contributed by atoms with E-state index in [-0.39, 0.29) is 16.8 Å². The van der Waals surface area contributed by atoms with Gasteiger partial charge in [0.2, 0.25) is 0 Å². The Morgan fingerprint density at radius 1 is 1.15 bits per heavy atom. The molecule has 0 aromatic heterocycles. The summed E-state index contributed by atoms with van der Waals surface area (Å²) < 4.78 is 5.45. The molecule has 1 saturated heterocycles. The van der Waals surface area contributed by atoms with Crippen LogP contribution in [0.3, 0.4) is 0 Å². The molecule has 5 heteroatoms. The minimum Gasteiger partial charge on any atom is -0.494 e. The number of nitrogens with zero attached hydrogens (tertiary/aromatic N) is 1. The van der Waals surface area contributed by atoms with Crippen LogP contribution in [0.2, 0.25) is 0 Å². The predicted molar refractivity (Wildman–Crippen MR) is 114 cm³/mol.